The van der Waals surface area contributed by atoms with Gasteiger partial charge in [-0.1, -0.05) is 26.3 Å². The quantitative estimate of drug-likeness (QED) is 0.728. The first kappa shape index (κ1) is 16.0. The summed E-state index contributed by atoms with van der Waals surface area (Å²) in [5.41, 5.74) is 3.08. The van der Waals surface area contributed by atoms with Gasteiger partial charge in [0, 0.05) is 15.5 Å². The minimum Gasteiger partial charge on any atom is -0.314 e. The zero-order chi connectivity index (χ0) is 14.6. The zero-order valence-corrected chi connectivity index (χ0v) is 14.3. The molecule has 3 nitrogen and oxygen atoms in total. The second-order valence-electron chi connectivity index (χ2n) is 5.64. The molecule has 0 atom stereocenters. The van der Waals surface area contributed by atoms with Crippen molar-refractivity contribution in [3.63, 3.8) is 0 Å². The first-order valence-electron chi connectivity index (χ1n) is 6.21. The van der Waals surface area contributed by atoms with E-state index in [1.807, 2.05) is 32.0 Å². The monoisotopic (exact) mass is 372 g/mol. The van der Waals surface area contributed by atoms with Crippen LogP contribution in [0.2, 0.25) is 0 Å². The zero-order valence-electron chi connectivity index (χ0n) is 12.1. The molecule has 0 radical (unpaired) electrons. The molecule has 0 aromatic heterocycles. The van der Waals surface area contributed by atoms with Crippen molar-refractivity contribution in [3.05, 3.63) is 39.1 Å². The molecule has 2 N–H and O–H groups in total. The SMILES string of the molecule is C/C(=C\NC(=O)Nc1ccc(I)cc1C)C(C)(C)C. The van der Waals surface area contributed by atoms with E-state index in [-0.39, 0.29) is 11.4 Å². The smallest absolute Gasteiger partial charge is 0.314 e. The molecule has 1 aromatic carbocycles. The van der Waals surface area contributed by atoms with Gasteiger partial charge in [0.2, 0.25) is 0 Å². The number of allylic oxidation sites excluding steroid dienone is 1. The van der Waals surface area contributed by atoms with Gasteiger partial charge in [-0.15, -0.1) is 0 Å². The number of carbonyl (C=O) groups is 1. The third kappa shape index (κ3) is 5.22. The molecule has 0 spiro atoms. The Labute approximate surface area is 129 Å². The highest BCUT2D eigenvalue weighted by atomic mass is 127. The van der Waals surface area contributed by atoms with E-state index in [1.54, 1.807) is 6.20 Å². The van der Waals surface area contributed by atoms with Crippen molar-refractivity contribution in [1.82, 2.24) is 5.32 Å². The minimum atomic E-state index is -0.215. The van der Waals surface area contributed by atoms with E-state index in [0.29, 0.717) is 0 Å². The molecule has 0 aliphatic carbocycles. The van der Waals surface area contributed by atoms with Gasteiger partial charge >= 0.3 is 6.03 Å². The highest BCUT2D eigenvalue weighted by molar-refractivity contribution is 14.1. The number of nitrogens with one attached hydrogen (secondary N) is 2. The van der Waals surface area contributed by atoms with E-state index in [9.17, 15) is 4.79 Å². The van der Waals surface area contributed by atoms with Gasteiger partial charge in [0.05, 0.1) is 0 Å². The lowest BCUT2D eigenvalue weighted by Gasteiger charge is -2.19. The average Bonchev–Trinajstić information content (AvgIpc) is 2.28. The molecule has 0 heterocycles. The summed E-state index contributed by atoms with van der Waals surface area (Å²) >= 11 is 2.25. The van der Waals surface area contributed by atoms with E-state index in [1.165, 1.54) is 0 Å². The summed E-state index contributed by atoms with van der Waals surface area (Å²) < 4.78 is 1.16. The molecule has 0 saturated heterocycles. The standard InChI is InChI=1S/C15H21IN2O/c1-10-8-12(16)6-7-13(10)18-14(19)17-9-11(2)15(3,4)5/h6-9H,1-5H3,(H2,17,18,19)/b11-9+. The van der Waals surface area contributed by atoms with Crippen molar-refractivity contribution in [3.8, 4) is 0 Å². The van der Waals surface area contributed by atoms with Gasteiger partial charge in [-0.3, -0.25) is 0 Å². The fraction of sp³-hybridized carbons (Fsp3) is 0.400. The normalized spacial score (nSPS) is 12.2. The van der Waals surface area contributed by atoms with Crippen LogP contribution in [-0.4, -0.2) is 6.03 Å². The van der Waals surface area contributed by atoms with E-state index >= 15 is 0 Å². The van der Waals surface area contributed by atoms with Crippen LogP contribution in [0, 0.1) is 15.9 Å². The van der Waals surface area contributed by atoms with Crippen molar-refractivity contribution in [2.45, 2.75) is 34.6 Å². The van der Waals surface area contributed by atoms with Crippen LogP contribution in [-0.2, 0) is 0 Å². The number of amides is 2. The molecule has 19 heavy (non-hydrogen) atoms. The maximum atomic E-state index is 11.8. The molecule has 0 aliphatic rings. The molecular formula is C15H21IN2O. The lowest BCUT2D eigenvalue weighted by atomic mass is 9.88. The molecule has 0 aliphatic heterocycles. The molecule has 0 saturated carbocycles. The largest absolute Gasteiger partial charge is 0.323 e. The Morgan fingerprint density at radius 3 is 2.47 bits per heavy atom. The molecule has 4 heteroatoms. The van der Waals surface area contributed by atoms with E-state index in [2.05, 4.69) is 54.0 Å². The number of hydrogen-bond donors (Lipinski definition) is 2. The first-order chi connectivity index (χ1) is 8.70. The van der Waals surface area contributed by atoms with Crippen LogP contribution in [0.3, 0.4) is 0 Å². The predicted molar refractivity (Wildman–Crippen MR) is 89.3 cm³/mol. The van der Waals surface area contributed by atoms with Gasteiger partial charge in [0.15, 0.2) is 0 Å². The van der Waals surface area contributed by atoms with Gasteiger partial charge < -0.3 is 10.6 Å². The van der Waals surface area contributed by atoms with Crippen molar-refractivity contribution in [2.75, 3.05) is 5.32 Å². The highest BCUT2D eigenvalue weighted by Crippen LogP contribution is 2.23. The minimum absolute atomic E-state index is 0.0616. The van der Waals surface area contributed by atoms with Crippen molar-refractivity contribution < 1.29 is 4.79 Å². The number of hydrogen-bond acceptors (Lipinski definition) is 1. The summed E-state index contributed by atoms with van der Waals surface area (Å²) in [6.07, 6.45) is 1.76. The number of urea groups is 1. The van der Waals surface area contributed by atoms with Crippen LogP contribution in [0.5, 0.6) is 0 Å². The number of halogens is 1. The fourth-order valence-electron chi connectivity index (χ4n) is 1.32. The van der Waals surface area contributed by atoms with Crippen molar-refractivity contribution in [1.29, 1.82) is 0 Å². The molecule has 0 fully saturated rings. The summed E-state index contributed by atoms with van der Waals surface area (Å²) in [4.78, 5) is 11.8. The fourth-order valence-corrected chi connectivity index (χ4v) is 1.96. The lowest BCUT2D eigenvalue weighted by Crippen LogP contribution is -2.25. The number of carbonyl (C=O) groups excluding carboxylic acids is 1. The number of anilines is 1. The third-order valence-corrected chi connectivity index (χ3v) is 3.71. The van der Waals surface area contributed by atoms with Gasteiger partial charge in [-0.05, 0) is 65.6 Å². The van der Waals surface area contributed by atoms with E-state index < -0.39 is 0 Å². The maximum absolute atomic E-state index is 11.8. The Balaban J connectivity index is 2.66. The Kier molecular flexibility index (Phi) is 5.40. The summed E-state index contributed by atoms with van der Waals surface area (Å²) in [6, 6.07) is 5.70. The second-order valence-corrected chi connectivity index (χ2v) is 6.88. The molecule has 2 amide bonds. The Morgan fingerprint density at radius 2 is 1.95 bits per heavy atom. The Bertz CT molecular complexity index is 501. The molecule has 0 bridgehead atoms. The van der Waals surface area contributed by atoms with Gasteiger partial charge in [-0.25, -0.2) is 4.79 Å². The average molecular weight is 372 g/mol. The van der Waals surface area contributed by atoms with Crippen LogP contribution in [0.1, 0.15) is 33.3 Å². The number of aryl methyl sites for hydroxylation is 1. The van der Waals surface area contributed by atoms with E-state index in [0.717, 1.165) is 20.4 Å². The van der Waals surface area contributed by atoms with Crippen LogP contribution < -0.4 is 10.6 Å². The highest BCUT2D eigenvalue weighted by Gasteiger charge is 2.12. The summed E-state index contributed by atoms with van der Waals surface area (Å²) in [6.45, 7) is 10.3. The molecule has 1 rings (SSSR count). The number of rotatable bonds is 2. The van der Waals surface area contributed by atoms with Gasteiger partial charge in [-0.2, -0.15) is 0 Å². The third-order valence-electron chi connectivity index (χ3n) is 3.04. The molecule has 0 unspecified atom stereocenters. The molecular weight excluding hydrogens is 351 g/mol. The van der Waals surface area contributed by atoms with Crippen LogP contribution in [0.15, 0.2) is 30.0 Å². The van der Waals surface area contributed by atoms with E-state index in [4.69, 9.17) is 0 Å². The van der Waals surface area contributed by atoms with Gasteiger partial charge in [0.25, 0.3) is 0 Å². The van der Waals surface area contributed by atoms with Crippen molar-refractivity contribution >= 4 is 34.3 Å². The second kappa shape index (κ2) is 6.41. The summed E-state index contributed by atoms with van der Waals surface area (Å²) in [7, 11) is 0. The summed E-state index contributed by atoms with van der Waals surface area (Å²) in [5, 5.41) is 5.61. The Hall–Kier alpha value is -1.04. The maximum Gasteiger partial charge on any atom is 0.323 e. The number of benzene rings is 1. The van der Waals surface area contributed by atoms with Crippen LogP contribution in [0.25, 0.3) is 0 Å². The molecule has 1 aromatic rings. The van der Waals surface area contributed by atoms with Crippen molar-refractivity contribution in [2.24, 2.45) is 5.41 Å². The van der Waals surface area contributed by atoms with Gasteiger partial charge in [0.1, 0.15) is 0 Å². The predicted octanol–water partition coefficient (Wildman–Crippen LogP) is 4.67. The first-order valence-corrected chi connectivity index (χ1v) is 7.29. The lowest BCUT2D eigenvalue weighted by molar-refractivity contribution is 0.255. The Morgan fingerprint density at radius 1 is 1.32 bits per heavy atom. The topological polar surface area (TPSA) is 41.1 Å². The molecule has 104 valence electrons. The van der Waals surface area contributed by atoms with Crippen LogP contribution >= 0.6 is 22.6 Å². The van der Waals surface area contributed by atoms with Crippen LogP contribution in [0.4, 0.5) is 10.5 Å². The summed E-state index contributed by atoms with van der Waals surface area (Å²) in [5.74, 6) is 0.